The average molecular weight is 570 g/mol. The van der Waals surface area contributed by atoms with Crippen LogP contribution < -0.4 is 4.90 Å². The van der Waals surface area contributed by atoms with Crippen LogP contribution in [0.25, 0.3) is 0 Å². The van der Waals surface area contributed by atoms with E-state index in [2.05, 4.69) is 10.3 Å². The molecule has 0 bridgehead atoms. The van der Waals surface area contributed by atoms with Crippen LogP contribution in [0.1, 0.15) is 64.5 Å². The van der Waals surface area contributed by atoms with Crippen molar-refractivity contribution in [2.75, 3.05) is 18.1 Å². The number of carboxylic acid groups (broad SMARTS) is 1. The first-order chi connectivity index (χ1) is 19.4. The number of benzene rings is 2. The third-order valence-corrected chi connectivity index (χ3v) is 8.85. The van der Waals surface area contributed by atoms with E-state index >= 15 is 0 Å². The predicted molar refractivity (Wildman–Crippen MR) is 141 cm³/mol. The standard InChI is InChI=1S/C29H30F3N5O4/c1-18-12-33-34-37(18)15-28(16-41-17-28)20-5-3-6-21(11-20)35-14-23-22(25(35)38)9-19(10-24(23)29(30,31)32)13-36(26(39)40)27(2)7-4-8-27/h3,5-6,9-12H,4,7-8,13-17H2,1-2H3,(H,39,40). The molecule has 0 atom stereocenters. The van der Waals surface area contributed by atoms with Crippen molar-refractivity contribution in [2.45, 2.75) is 69.9 Å². The maximum Gasteiger partial charge on any atom is 0.416 e. The van der Waals surface area contributed by atoms with Gasteiger partial charge in [-0.15, -0.1) is 5.10 Å². The van der Waals surface area contributed by atoms with Crippen molar-refractivity contribution in [3.8, 4) is 0 Å². The second-order valence-corrected chi connectivity index (χ2v) is 11.6. The van der Waals surface area contributed by atoms with Gasteiger partial charge < -0.3 is 14.7 Å². The zero-order valence-electron chi connectivity index (χ0n) is 22.7. The SMILES string of the molecule is Cc1cnnn1CC1(c2cccc(N3Cc4c(cc(CN(C(=O)O)C5(C)CCC5)cc4C(F)(F)F)C3=O)c2)COC1. The van der Waals surface area contributed by atoms with Gasteiger partial charge in [0.25, 0.3) is 5.91 Å². The molecular formula is C29H30F3N5O4. The number of aryl methyl sites for hydroxylation is 1. The molecule has 1 aliphatic carbocycles. The lowest BCUT2D eigenvalue weighted by Crippen LogP contribution is -2.53. The monoisotopic (exact) mass is 569 g/mol. The van der Waals surface area contributed by atoms with Crippen molar-refractivity contribution >= 4 is 17.7 Å². The molecule has 41 heavy (non-hydrogen) atoms. The zero-order valence-corrected chi connectivity index (χ0v) is 22.7. The number of hydrogen-bond donors (Lipinski definition) is 1. The molecule has 1 N–H and O–H groups in total. The van der Waals surface area contributed by atoms with Crippen LogP contribution in [0, 0.1) is 6.92 Å². The second-order valence-electron chi connectivity index (χ2n) is 11.6. The van der Waals surface area contributed by atoms with Gasteiger partial charge in [-0.05, 0) is 74.1 Å². The molecule has 2 aromatic carbocycles. The van der Waals surface area contributed by atoms with E-state index in [4.69, 9.17) is 4.74 Å². The van der Waals surface area contributed by atoms with E-state index < -0.39 is 34.7 Å². The minimum atomic E-state index is -4.71. The Kier molecular flexibility index (Phi) is 6.36. The molecule has 0 unspecified atom stereocenters. The molecule has 0 radical (unpaired) electrons. The summed E-state index contributed by atoms with van der Waals surface area (Å²) in [5.41, 5.74) is 0.295. The van der Waals surface area contributed by atoms with Crippen LogP contribution in [-0.2, 0) is 36.0 Å². The Morgan fingerprint density at radius 3 is 2.51 bits per heavy atom. The third kappa shape index (κ3) is 4.63. The summed E-state index contributed by atoms with van der Waals surface area (Å²) in [6.45, 7) is 4.62. The number of carbonyl (C=O) groups excluding carboxylic acids is 1. The number of carbonyl (C=O) groups is 2. The third-order valence-electron chi connectivity index (χ3n) is 8.85. The van der Waals surface area contributed by atoms with Crippen molar-refractivity contribution in [2.24, 2.45) is 0 Å². The zero-order chi connectivity index (χ0) is 29.2. The van der Waals surface area contributed by atoms with Crippen LogP contribution in [0.4, 0.5) is 23.7 Å². The Morgan fingerprint density at radius 1 is 1.20 bits per heavy atom. The minimum absolute atomic E-state index is 0.0516. The largest absolute Gasteiger partial charge is 0.465 e. The van der Waals surface area contributed by atoms with Gasteiger partial charge in [-0.1, -0.05) is 17.3 Å². The highest BCUT2D eigenvalue weighted by Crippen LogP contribution is 2.43. The summed E-state index contributed by atoms with van der Waals surface area (Å²) < 4.78 is 50.2. The molecule has 2 amide bonds. The smallest absolute Gasteiger partial charge is 0.416 e. The van der Waals surface area contributed by atoms with Gasteiger partial charge in [-0.2, -0.15) is 13.2 Å². The molecule has 1 saturated carbocycles. The second kappa shape index (κ2) is 9.57. The Labute approximate surface area is 234 Å². The summed E-state index contributed by atoms with van der Waals surface area (Å²) in [4.78, 5) is 28.2. The molecule has 0 spiro atoms. The fourth-order valence-corrected chi connectivity index (χ4v) is 6.10. The number of aromatic nitrogens is 3. The van der Waals surface area contributed by atoms with Crippen LogP contribution in [0.15, 0.2) is 42.6 Å². The van der Waals surface area contributed by atoms with Gasteiger partial charge in [0.2, 0.25) is 0 Å². The number of halogens is 3. The highest BCUT2D eigenvalue weighted by atomic mass is 19.4. The molecule has 6 rings (SSSR count). The maximum absolute atomic E-state index is 14.3. The molecule has 12 heteroatoms. The summed E-state index contributed by atoms with van der Waals surface area (Å²) in [6.07, 6.45) is -2.10. The van der Waals surface area contributed by atoms with Crippen LogP contribution in [0.3, 0.4) is 0 Å². The fourth-order valence-electron chi connectivity index (χ4n) is 6.10. The number of amides is 2. The quantitative estimate of drug-likeness (QED) is 0.422. The molecule has 2 fully saturated rings. The summed E-state index contributed by atoms with van der Waals surface area (Å²) >= 11 is 0. The van der Waals surface area contributed by atoms with Gasteiger partial charge in [0, 0.05) is 23.3 Å². The number of rotatable bonds is 7. The lowest BCUT2D eigenvalue weighted by molar-refractivity contribution is -0.138. The summed E-state index contributed by atoms with van der Waals surface area (Å²) in [5.74, 6) is -0.549. The molecule has 1 aromatic heterocycles. The highest BCUT2D eigenvalue weighted by Gasteiger charge is 2.45. The number of ether oxygens (including phenoxy) is 1. The van der Waals surface area contributed by atoms with E-state index in [-0.39, 0.29) is 29.8 Å². The lowest BCUT2D eigenvalue weighted by atomic mass is 9.77. The number of alkyl halides is 3. The normalized spacial score (nSPS) is 19.0. The number of anilines is 1. The van der Waals surface area contributed by atoms with E-state index in [0.29, 0.717) is 38.3 Å². The van der Waals surface area contributed by atoms with Crippen molar-refractivity contribution in [3.63, 3.8) is 0 Å². The van der Waals surface area contributed by atoms with Crippen LogP contribution in [-0.4, -0.2) is 55.8 Å². The predicted octanol–water partition coefficient (Wildman–Crippen LogP) is 5.16. The molecule has 2 aliphatic heterocycles. The number of hydrogen-bond acceptors (Lipinski definition) is 5. The van der Waals surface area contributed by atoms with Gasteiger partial charge in [0.15, 0.2) is 0 Å². The maximum atomic E-state index is 14.3. The molecule has 9 nitrogen and oxygen atoms in total. The Bertz CT molecular complexity index is 1530. The van der Waals surface area contributed by atoms with Gasteiger partial charge in [0.1, 0.15) is 0 Å². The first-order valence-electron chi connectivity index (χ1n) is 13.5. The molecule has 3 aliphatic rings. The van der Waals surface area contributed by atoms with E-state index in [0.717, 1.165) is 23.7 Å². The first kappa shape index (κ1) is 27.3. The molecular weight excluding hydrogens is 539 g/mol. The van der Waals surface area contributed by atoms with Crippen molar-refractivity contribution in [1.29, 1.82) is 0 Å². The number of fused-ring (bicyclic) bond motifs is 1. The van der Waals surface area contributed by atoms with Gasteiger partial charge in [-0.25, -0.2) is 9.48 Å². The topological polar surface area (TPSA) is 101 Å². The molecule has 1 saturated heterocycles. The molecule has 3 heterocycles. The Morgan fingerprint density at radius 2 is 1.95 bits per heavy atom. The van der Waals surface area contributed by atoms with Gasteiger partial charge >= 0.3 is 12.3 Å². The van der Waals surface area contributed by atoms with E-state index in [1.54, 1.807) is 29.9 Å². The summed E-state index contributed by atoms with van der Waals surface area (Å²) in [5, 5.41) is 17.9. The van der Waals surface area contributed by atoms with E-state index in [1.165, 1.54) is 15.9 Å². The highest BCUT2D eigenvalue weighted by molar-refractivity contribution is 6.10. The van der Waals surface area contributed by atoms with Gasteiger partial charge in [-0.3, -0.25) is 9.69 Å². The summed E-state index contributed by atoms with van der Waals surface area (Å²) in [7, 11) is 0. The lowest BCUT2D eigenvalue weighted by Gasteiger charge is -2.46. The van der Waals surface area contributed by atoms with E-state index in [1.807, 2.05) is 19.1 Å². The van der Waals surface area contributed by atoms with E-state index in [9.17, 15) is 27.9 Å². The Balaban J connectivity index is 1.33. The van der Waals surface area contributed by atoms with Crippen molar-refractivity contribution in [3.05, 3.63) is 76.1 Å². The summed E-state index contributed by atoms with van der Waals surface area (Å²) in [6, 6.07) is 9.66. The van der Waals surface area contributed by atoms with Crippen LogP contribution in [0.5, 0.6) is 0 Å². The van der Waals surface area contributed by atoms with Crippen LogP contribution in [0.2, 0.25) is 0 Å². The fraction of sp³-hybridized carbons (Fsp3) is 0.448. The average Bonchev–Trinajstić information content (AvgIpc) is 3.44. The molecule has 216 valence electrons. The first-order valence-corrected chi connectivity index (χ1v) is 13.5. The van der Waals surface area contributed by atoms with Gasteiger partial charge in [0.05, 0.1) is 49.2 Å². The van der Waals surface area contributed by atoms with Crippen molar-refractivity contribution < 1.29 is 32.6 Å². The minimum Gasteiger partial charge on any atom is -0.465 e. The molecule has 3 aromatic rings. The Hall–Kier alpha value is -3.93. The number of nitrogens with zero attached hydrogens (tertiary/aromatic N) is 5. The van der Waals surface area contributed by atoms with Crippen molar-refractivity contribution in [1.82, 2.24) is 19.9 Å². The van der Waals surface area contributed by atoms with Crippen LogP contribution >= 0.6 is 0 Å².